The van der Waals surface area contributed by atoms with Gasteiger partial charge in [-0.2, -0.15) is 4.79 Å². The molecule has 0 aliphatic carbocycles. The van der Waals surface area contributed by atoms with Crippen LogP contribution in [0.25, 0.3) is 5.53 Å². The van der Waals surface area contributed by atoms with E-state index in [9.17, 15) is 9.59 Å². The number of ether oxygens (including phenoxy) is 2. The first-order valence-corrected chi connectivity index (χ1v) is 5.22. The average molecular weight is 248 g/mol. The molecule has 0 aromatic heterocycles. The van der Waals surface area contributed by atoms with Crippen LogP contribution in [0.4, 0.5) is 0 Å². The van der Waals surface area contributed by atoms with Gasteiger partial charge in [0.1, 0.15) is 0 Å². The molecule has 0 aliphatic heterocycles. The maximum absolute atomic E-state index is 11.6. The lowest BCUT2D eigenvalue weighted by Gasteiger charge is -2.03. The smallest absolute Gasteiger partial charge is 0.422 e. The van der Waals surface area contributed by atoms with E-state index < -0.39 is 11.9 Å². The van der Waals surface area contributed by atoms with Crippen molar-refractivity contribution >= 4 is 17.7 Å². The molecule has 0 radical (unpaired) electrons. The fourth-order valence-corrected chi connectivity index (χ4v) is 1.38. The first-order valence-electron chi connectivity index (χ1n) is 5.22. The number of hydrogen-bond donors (Lipinski definition) is 0. The Morgan fingerprint density at radius 2 is 1.89 bits per heavy atom. The fourth-order valence-electron chi connectivity index (χ4n) is 1.38. The first kappa shape index (κ1) is 13.6. The summed E-state index contributed by atoms with van der Waals surface area (Å²) in [4.78, 5) is 26.0. The van der Waals surface area contributed by atoms with Crippen molar-refractivity contribution in [2.24, 2.45) is 0 Å². The highest BCUT2D eigenvalue weighted by molar-refractivity contribution is 6.42. The quantitative estimate of drug-likeness (QED) is 0.345. The Labute approximate surface area is 104 Å². The van der Waals surface area contributed by atoms with Crippen molar-refractivity contribution in [1.29, 1.82) is 0 Å². The molecular weight excluding hydrogens is 236 g/mol. The lowest BCUT2D eigenvalue weighted by molar-refractivity contribution is -0.139. The van der Waals surface area contributed by atoms with Crippen LogP contribution in [-0.2, 0) is 14.3 Å². The van der Waals surface area contributed by atoms with Gasteiger partial charge in [0, 0.05) is 0 Å². The molecule has 0 atom stereocenters. The normalized spacial score (nSPS) is 9.22. The van der Waals surface area contributed by atoms with Crippen LogP contribution in [0.1, 0.15) is 22.8 Å². The largest absolute Gasteiger partial charge is 0.465 e. The lowest BCUT2D eigenvalue weighted by Crippen LogP contribution is -2.22. The zero-order valence-electron chi connectivity index (χ0n) is 10.0. The third-order valence-electron chi connectivity index (χ3n) is 2.16. The zero-order valence-corrected chi connectivity index (χ0v) is 10.0. The summed E-state index contributed by atoms with van der Waals surface area (Å²) in [5, 5.41) is 0. The molecule has 0 saturated heterocycles. The Hall–Kier alpha value is -2.46. The second kappa shape index (κ2) is 6.32. The summed E-state index contributed by atoms with van der Waals surface area (Å²) in [5.74, 6) is -1.44. The third-order valence-corrected chi connectivity index (χ3v) is 2.16. The van der Waals surface area contributed by atoms with Crippen LogP contribution in [0.5, 0.6) is 0 Å². The van der Waals surface area contributed by atoms with Crippen molar-refractivity contribution in [2.75, 3.05) is 13.7 Å². The molecular formula is C12H12N2O4. The molecule has 0 unspecified atom stereocenters. The first-order chi connectivity index (χ1) is 8.65. The summed E-state index contributed by atoms with van der Waals surface area (Å²) in [7, 11) is 1.22. The molecule has 0 aliphatic rings. The molecule has 0 saturated carbocycles. The van der Waals surface area contributed by atoms with Crippen LogP contribution in [0.3, 0.4) is 0 Å². The van der Waals surface area contributed by atoms with E-state index in [1.807, 2.05) is 0 Å². The molecule has 0 N–H and O–H groups in total. The van der Waals surface area contributed by atoms with Gasteiger partial charge in [0.2, 0.25) is 0 Å². The number of rotatable bonds is 4. The van der Waals surface area contributed by atoms with Crippen molar-refractivity contribution in [3.8, 4) is 0 Å². The van der Waals surface area contributed by atoms with E-state index in [2.05, 4.69) is 9.53 Å². The molecule has 0 bridgehead atoms. The van der Waals surface area contributed by atoms with Gasteiger partial charge in [-0.1, -0.05) is 12.1 Å². The van der Waals surface area contributed by atoms with E-state index in [1.54, 1.807) is 19.1 Å². The van der Waals surface area contributed by atoms with Crippen LogP contribution in [0.15, 0.2) is 24.3 Å². The van der Waals surface area contributed by atoms with Gasteiger partial charge in [0.05, 0.1) is 24.8 Å². The summed E-state index contributed by atoms with van der Waals surface area (Å²) in [6, 6.07) is 6.14. The Kier molecular flexibility index (Phi) is 4.78. The van der Waals surface area contributed by atoms with Gasteiger partial charge in [-0.05, 0) is 19.1 Å². The molecule has 0 spiro atoms. The maximum atomic E-state index is 11.6. The second-order valence-electron chi connectivity index (χ2n) is 3.21. The van der Waals surface area contributed by atoms with Crippen LogP contribution in [0.2, 0.25) is 0 Å². The second-order valence-corrected chi connectivity index (χ2v) is 3.21. The molecule has 0 fully saturated rings. The van der Waals surface area contributed by atoms with E-state index in [0.29, 0.717) is 0 Å². The molecule has 1 aromatic carbocycles. The summed E-state index contributed by atoms with van der Waals surface area (Å²) in [6.45, 7) is 1.76. The summed E-state index contributed by atoms with van der Waals surface area (Å²) < 4.78 is 9.32. The van der Waals surface area contributed by atoms with Crippen LogP contribution < -0.4 is 0 Å². The van der Waals surface area contributed by atoms with Gasteiger partial charge < -0.3 is 15.0 Å². The molecule has 0 heterocycles. The number of esters is 2. The number of nitrogens with zero attached hydrogens (tertiary/aromatic N) is 2. The SMILES string of the molecule is CCOC(=O)C(=[N+]=[N-])c1ccccc1C(=O)OC. The van der Waals surface area contributed by atoms with Crippen LogP contribution in [-0.4, -0.2) is 36.2 Å². The van der Waals surface area contributed by atoms with Crippen molar-refractivity contribution in [2.45, 2.75) is 6.92 Å². The lowest BCUT2D eigenvalue weighted by atomic mass is 10.0. The summed E-state index contributed by atoms with van der Waals surface area (Å²) in [6.07, 6.45) is 0. The molecule has 6 nitrogen and oxygen atoms in total. The van der Waals surface area contributed by atoms with Crippen molar-refractivity contribution in [1.82, 2.24) is 0 Å². The van der Waals surface area contributed by atoms with Crippen LogP contribution in [0, 0.1) is 0 Å². The highest BCUT2D eigenvalue weighted by Crippen LogP contribution is 2.11. The average Bonchev–Trinajstić information content (AvgIpc) is 2.39. The van der Waals surface area contributed by atoms with Crippen molar-refractivity contribution in [3.63, 3.8) is 0 Å². The van der Waals surface area contributed by atoms with Gasteiger partial charge in [-0.25, -0.2) is 9.59 Å². The Balaban J connectivity index is 3.27. The Bertz CT molecular complexity index is 519. The van der Waals surface area contributed by atoms with Gasteiger partial charge in [0.15, 0.2) is 0 Å². The van der Waals surface area contributed by atoms with E-state index in [1.165, 1.54) is 19.2 Å². The number of benzene rings is 1. The minimum absolute atomic E-state index is 0.126. The molecule has 94 valence electrons. The van der Waals surface area contributed by atoms with Gasteiger partial charge >= 0.3 is 17.7 Å². The summed E-state index contributed by atoms with van der Waals surface area (Å²) >= 11 is 0. The minimum atomic E-state index is -0.809. The zero-order chi connectivity index (χ0) is 13.5. The predicted octanol–water partition coefficient (Wildman–Crippen LogP) is 1.06. The number of carbonyl (C=O) groups excluding carboxylic acids is 2. The highest BCUT2D eigenvalue weighted by atomic mass is 16.5. The minimum Gasteiger partial charge on any atom is -0.465 e. The molecule has 1 aromatic rings. The summed E-state index contributed by atoms with van der Waals surface area (Å²) in [5.41, 5.74) is 8.84. The Morgan fingerprint density at radius 1 is 1.28 bits per heavy atom. The van der Waals surface area contributed by atoms with E-state index in [4.69, 9.17) is 10.3 Å². The molecule has 6 heteroatoms. The van der Waals surface area contributed by atoms with Crippen molar-refractivity contribution in [3.05, 3.63) is 40.9 Å². The molecule has 18 heavy (non-hydrogen) atoms. The number of hydrogen-bond acceptors (Lipinski definition) is 4. The number of methoxy groups -OCH3 is 1. The topological polar surface area (TPSA) is 89.0 Å². The van der Waals surface area contributed by atoms with E-state index in [0.717, 1.165) is 0 Å². The van der Waals surface area contributed by atoms with Gasteiger partial charge in [-0.15, -0.1) is 0 Å². The van der Waals surface area contributed by atoms with Gasteiger partial charge in [-0.3, -0.25) is 0 Å². The monoisotopic (exact) mass is 248 g/mol. The predicted molar refractivity (Wildman–Crippen MR) is 62.1 cm³/mol. The Morgan fingerprint density at radius 3 is 2.39 bits per heavy atom. The van der Waals surface area contributed by atoms with Crippen molar-refractivity contribution < 1.29 is 23.9 Å². The van der Waals surface area contributed by atoms with Gasteiger partial charge in [0.25, 0.3) is 0 Å². The third kappa shape index (κ3) is 2.81. The number of carbonyl (C=O) groups is 2. The molecule has 0 amide bonds. The van der Waals surface area contributed by atoms with E-state index in [-0.39, 0.29) is 23.4 Å². The van der Waals surface area contributed by atoms with Crippen LogP contribution >= 0.6 is 0 Å². The van der Waals surface area contributed by atoms with E-state index >= 15 is 0 Å². The highest BCUT2D eigenvalue weighted by Gasteiger charge is 2.29. The molecule has 1 rings (SSSR count). The standard InChI is InChI=1S/C12H12N2O4/c1-3-18-12(16)10(14-13)8-6-4-5-7-9(8)11(15)17-2/h4-7H,3H2,1-2H3. The maximum Gasteiger partial charge on any atom is 0.422 e. The fraction of sp³-hybridized carbons (Fsp3) is 0.250.